The number of nitrogens with zero attached hydrogens (tertiary/aromatic N) is 2. The van der Waals surface area contributed by atoms with Crippen LogP contribution >= 0.6 is 0 Å². The van der Waals surface area contributed by atoms with E-state index < -0.39 is 23.5 Å². The molecule has 0 spiro atoms. The predicted molar refractivity (Wildman–Crippen MR) is 98.1 cm³/mol. The molecule has 0 radical (unpaired) electrons. The second-order valence-corrected chi connectivity index (χ2v) is 6.57. The highest BCUT2D eigenvalue weighted by molar-refractivity contribution is 5.89. The average molecular weight is 377 g/mol. The molecule has 2 amide bonds. The molecule has 2 aromatic carbocycles. The Bertz CT molecular complexity index is 778. The minimum Gasteiger partial charge on any atom is -0.322 e. The van der Waals surface area contributed by atoms with Crippen molar-refractivity contribution in [3.63, 3.8) is 0 Å². The van der Waals surface area contributed by atoms with Crippen molar-refractivity contribution in [2.45, 2.75) is 12.8 Å². The van der Waals surface area contributed by atoms with Crippen LogP contribution in [0.15, 0.2) is 42.5 Å². The first-order valence-electron chi connectivity index (χ1n) is 9.00. The van der Waals surface area contributed by atoms with Crippen LogP contribution in [0, 0.1) is 17.5 Å². The summed E-state index contributed by atoms with van der Waals surface area (Å²) >= 11 is 0. The summed E-state index contributed by atoms with van der Waals surface area (Å²) in [6.07, 6.45) is 2.05. The lowest BCUT2D eigenvalue weighted by molar-refractivity contribution is 0.146. The van der Waals surface area contributed by atoms with Gasteiger partial charge in [0, 0.05) is 26.2 Å². The molecular weight excluding hydrogens is 355 g/mol. The van der Waals surface area contributed by atoms with Gasteiger partial charge in [-0.15, -0.1) is 0 Å². The van der Waals surface area contributed by atoms with E-state index >= 15 is 0 Å². The highest BCUT2D eigenvalue weighted by Crippen LogP contribution is 2.20. The second kappa shape index (κ2) is 8.90. The summed E-state index contributed by atoms with van der Waals surface area (Å²) in [5.74, 6) is -4.26. The minimum atomic E-state index is -1.59. The molecule has 0 saturated carbocycles. The van der Waals surface area contributed by atoms with Crippen molar-refractivity contribution in [3.8, 4) is 0 Å². The monoisotopic (exact) mass is 377 g/mol. The van der Waals surface area contributed by atoms with Gasteiger partial charge in [-0.1, -0.05) is 30.3 Å². The van der Waals surface area contributed by atoms with Crippen molar-refractivity contribution >= 4 is 11.7 Å². The molecule has 1 saturated heterocycles. The van der Waals surface area contributed by atoms with Gasteiger partial charge >= 0.3 is 6.03 Å². The first-order valence-corrected chi connectivity index (χ1v) is 9.00. The van der Waals surface area contributed by atoms with Gasteiger partial charge < -0.3 is 10.2 Å². The van der Waals surface area contributed by atoms with Crippen molar-refractivity contribution in [3.05, 3.63) is 65.5 Å². The molecule has 1 heterocycles. The average Bonchev–Trinajstić information content (AvgIpc) is 2.70. The maximum Gasteiger partial charge on any atom is 0.322 e. The number of carbonyl (C=O) groups excluding carboxylic acids is 1. The number of halogens is 3. The fourth-order valence-electron chi connectivity index (χ4n) is 3.14. The molecular formula is C20H22F3N3O. The summed E-state index contributed by atoms with van der Waals surface area (Å²) in [5.41, 5.74) is 0.952. The molecule has 0 bridgehead atoms. The Morgan fingerprint density at radius 3 is 2.33 bits per heavy atom. The van der Waals surface area contributed by atoms with E-state index in [-0.39, 0.29) is 5.69 Å². The molecule has 4 nitrogen and oxygen atoms in total. The molecule has 1 N–H and O–H groups in total. The molecule has 7 heteroatoms. The fraction of sp³-hybridized carbons (Fsp3) is 0.350. The second-order valence-electron chi connectivity index (χ2n) is 6.57. The zero-order chi connectivity index (χ0) is 19.2. The maximum atomic E-state index is 13.7. The summed E-state index contributed by atoms with van der Waals surface area (Å²) in [7, 11) is 0. The van der Waals surface area contributed by atoms with Crippen LogP contribution in [-0.2, 0) is 6.42 Å². The number of carbonyl (C=O) groups is 1. The Morgan fingerprint density at radius 2 is 1.63 bits per heavy atom. The third kappa shape index (κ3) is 5.01. The quantitative estimate of drug-likeness (QED) is 0.803. The minimum absolute atomic E-state index is 0.357. The van der Waals surface area contributed by atoms with Crippen molar-refractivity contribution < 1.29 is 18.0 Å². The topological polar surface area (TPSA) is 35.6 Å². The van der Waals surface area contributed by atoms with E-state index in [1.54, 1.807) is 4.90 Å². The summed E-state index contributed by atoms with van der Waals surface area (Å²) in [6.45, 7) is 3.40. The summed E-state index contributed by atoms with van der Waals surface area (Å²) in [6, 6.07) is 11.6. The number of nitrogens with one attached hydrogen (secondary N) is 1. The summed E-state index contributed by atoms with van der Waals surface area (Å²) < 4.78 is 39.9. The zero-order valence-corrected chi connectivity index (χ0v) is 14.9. The number of piperazine rings is 1. The number of hydrogen-bond acceptors (Lipinski definition) is 2. The van der Waals surface area contributed by atoms with Gasteiger partial charge in [-0.05, 0) is 37.1 Å². The highest BCUT2D eigenvalue weighted by Gasteiger charge is 2.22. The number of urea groups is 1. The van der Waals surface area contributed by atoms with Crippen LogP contribution in [0.4, 0.5) is 23.7 Å². The lowest BCUT2D eigenvalue weighted by atomic mass is 10.1. The van der Waals surface area contributed by atoms with E-state index in [1.807, 2.05) is 18.2 Å². The molecule has 0 unspecified atom stereocenters. The standard InChI is InChI=1S/C20H22F3N3O/c21-16-8-9-17(19(23)18(16)22)24-20(27)26-13-11-25(12-14-26)10-4-7-15-5-2-1-3-6-15/h1-3,5-6,8-9H,4,7,10-14H2,(H,24,27). The summed E-state index contributed by atoms with van der Waals surface area (Å²) in [5, 5.41) is 2.31. The van der Waals surface area contributed by atoms with Gasteiger partial charge in [-0.3, -0.25) is 4.90 Å². The van der Waals surface area contributed by atoms with E-state index in [0.717, 1.165) is 44.6 Å². The van der Waals surface area contributed by atoms with E-state index in [1.165, 1.54) is 5.56 Å². The van der Waals surface area contributed by atoms with Gasteiger partial charge in [0.05, 0.1) is 5.69 Å². The molecule has 1 aliphatic rings. The van der Waals surface area contributed by atoms with Crippen LogP contribution < -0.4 is 5.32 Å². The molecule has 2 aromatic rings. The van der Waals surface area contributed by atoms with Crippen LogP contribution in [0.5, 0.6) is 0 Å². The zero-order valence-electron chi connectivity index (χ0n) is 14.9. The van der Waals surface area contributed by atoms with Crippen LogP contribution in [0.3, 0.4) is 0 Å². The molecule has 0 aliphatic carbocycles. The van der Waals surface area contributed by atoms with Crippen LogP contribution in [-0.4, -0.2) is 48.6 Å². The lowest BCUT2D eigenvalue weighted by Crippen LogP contribution is -2.50. The van der Waals surface area contributed by atoms with Gasteiger partial charge in [-0.25, -0.2) is 18.0 Å². The normalized spacial score (nSPS) is 15.0. The molecule has 1 fully saturated rings. The molecule has 0 atom stereocenters. The number of rotatable bonds is 5. The van der Waals surface area contributed by atoms with Gasteiger partial charge in [-0.2, -0.15) is 0 Å². The third-order valence-electron chi connectivity index (χ3n) is 4.72. The number of benzene rings is 2. The number of aryl methyl sites for hydroxylation is 1. The van der Waals surface area contributed by atoms with Crippen LogP contribution in [0.1, 0.15) is 12.0 Å². The van der Waals surface area contributed by atoms with Gasteiger partial charge in [0.25, 0.3) is 0 Å². The van der Waals surface area contributed by atoms with E-state index in [4.69, 9.17) is 0 Å². The molecule has 0 aromatic heterocycles. The van der Waals surface area contributed by atoms with E-state index in [2.05, 4.69) is 22.3 Å². The smallest absolute Gasteiger partial charge is 0.322 e. The Labute approximate surface area is 156 Å². The van der Waals surface area contributed by atoms with Crippen molar-refractivity contribution in [2.75, 3.05) is 38.0 Å². The summed E-state index contributed by atoms with van der Waals surface area (Å²) in [4.78, 5) is 16.1. The largest absolute Gasteiger partial charge is 0.322 e. The molecule has 1 aliphatic heterocycles. The van der Waals surface area contributed by atoms with E-state index in [0.29, 0.717) is 13.1 Å². The lowest BCUT2D eigenvalue weighted by Gasteiger charge is -2.34. The Hall–Kier alpha value is -2.54. The molecule has 3 rings (SSSR count). The number of amides is 2. The predicted octanol–water partition coefficient (Wildman–Crippen LogP) is 3.89. The van der Waals surface area contributed by atoms with Crippen molar-refractivity contribution in [1.29, 1.82) is 0 Å². The van der Waals surface area contributed by atoms with Crippen LogP contribution in [0.2, 0.25) is 0 Å². The Morgan fingerprint density at radius 1 is 0.926 bits per heavy atom. The van der Waals surface area contributed by atoms with E-state index in [9.17, 15) is 18.0 Å². The Kier molecular flexibility index (Phi) is 6.34. The highest BCUT2D eigenvalue weighted by atomic mass is 19.2. The van der Waals surface area contributed by atoms with Crippen LogP contribution in [0.25, 0.3) is 0 Å². The van der Waals surface area contributed by atoms with Gasteiger partial charge in [0.2, 0.25) is 0 Å². The van der Waals surface area contributed by atoms with Crippen molar-refractivity contribution in [1.82, 2.24) is 9.80 Å². The first kappa shape index (κ1) is 19.2. The van der Waals surface area contributed by atoms with Crippen molar-refractivity contribution in [2.24, 2.45) is 0 Å². The number of anilines is 1. The first-order chi connectivity index (χ1) is 13.0. The molecule has 27 heavy (non-hydrogen) atoms. The fourth-order valence-corrected chi connectivity index (χ4v) is 3.14. The third-order valence-corrected chi connectivity index (χ3v) is 4.72. The Balaban J connectivity index is 1.43. The van der Waals surface area contributed by atoms with Gasteiger partial charge in [0.1, 0.15) is 0 Å². The number of hydrogen-bond donors (Lipinski definition) is 1. The maximum absolute atomic E-state index is 13.7. The molecule has 144 valence electrons. The SMILES string of the molecule is O=C(Nc1ccc(F)c(F)c1F)N1CCN(CCCc2ccccc2)CC1. The van der Waals surface area contributed by atoms with Gasteiger partial charge in [0.15, 0.2) is 17.5 Å².